The number of aliphatic imine (C=N–C) groups is 1. The van der Waals surface area contributed by atoms with Gasteiger partial charge in [-0.15, -0.1) is 0 Å². The Labute approximate surface area is 82.2 Å². The maximum absolute atomic E-state index is 8.99. The van der Waals surface area contributed by atoms with Gasteiger partial charge in [0.25, 0.3) is 0 Å². The summed E-state index contributed by atoms with van der Waals surface area (Å²) in [5.41, 5.74) is 0.841. The Morgan fingerprint density at radius 3 is 2.50 bits per heavy atom. The molecule has 1 rings (SSSR count). The first-order chi connectivity index (χ1) is 6.72. The lowest BCUT2D eigenvalue weighted by molar-refractivity contribution is 0.102. The van der Waals surface area contributed by atoms with Crippen molar-refractivity contribution in [3.8, 4) is 5.75 Å². The fourth-order valence-corrected chi connectivity index (χ4v) is 0.898. The molecule has 0 amide bonds. The summed E-state index contributed by atoms with van der Waals surface area (Å²) in [5, 5.41) is 26.5. The number of nitrogens with zero attached hydrogens (tertiary/aromatic N) is 1. The van der Waals surface area contributed by atoms with E-state index in [1.54, 1.807) is 30.5 Å². The molecular weight excluding hydrogens is 182 g/mol. The van der Waals surface area contributed by atoms with Crippen molar-refractivity contribution in [2.45, 2.75) is 6.10 Å². The van der Waals surface area contributed by atoms with Crippen molar-refractivity contribution in [3.63, 3.8) is 0 Å². The van der Waals surface area contributed by atoms with Gasteiger partial charge in [-0.3, -0.25) is 4.99 Å². The first kappa shape index (κ1) is 10.7. The van der Waals surface area contributed by atoms with Crippen LogP contribution in [0, 0.1) is 0 Å². The van der Waals surface area contributed by atoms with Crippen LogP contribution in [0.25, 0.3) is 0 Å². The highest BCUT2D eigenvalue weighted by Crippen LogP contribution is 2.07. The van der Waals surface area contributed by atoms with Crippen LogP contribution < -0.4 is 0 Å². The maximum Gasteiger partial charge on any atom is 0.115 e. The van der Waals surface area contributed by atoms with Gasteiger partial charge in [0.05, 0.1) is 19.3 Å². The molecule has 14 heavy (non-hydrogen) atoms. The van der Waals surface area contributed by atoms with E-state index in [0.29, 0.717) is 0 Å². The van der Waals surface area contributed by atoms with E-state index < -0.39 is 6.10 Å². The standard InChI is InChI=1S/C10H13NO3/c12-7-10(14)6-11-5-8-1-3-9(13)4-2-8/h1-5,10,12-14H,6-7H2. The van der Waals surface area contributed by atoms with Gasteiger partial charge in [0.2, 0.25) is 0 Å². The molecule has 0 aliphatic rings. The van der Waals surface area contributed by atoms with E-state index in [2.05, 4.69) is 4.99 Å². The second kappa shape index (κ2) is 5.36. The summed E-state index contributed by atoms with van der Waals surface area (Å²) in [4.78, 5) is 3.93. The molecule has 0 aromatic heterocycles. The minimum Gasteiger partial charge on any atom is -0.508 e. The summed E-state index contributed by atoms with van der Waals surface area (Å²) in [6.07, 6.45) is 0.779. The van der Waals surface area contributed by atoms with Gasteiger partial charge in [-0.25, -0.2) is 0 Å². The number of phenols is 1. The largest absolute Gasteiger partial charge is 0.508 e. The molecule has 0 bridgehead atoms. The Morgan fingerprint density at radius 2 is 1.93 bits per heavy atom. The van der Waals surface area contributed by atoms with Gasteiger partial charge in [0, 0.05) is 6.21 Å². The third-order valence-corrected chi connectivity index (χ3v) is 1.66. The molecule has 1 aromatic carbocycles. The second-order valence-corrected chi connectivity index (χ2v) is 2.92. The smallest absolute Gasteiger partial charge is 0.115 e. The quantitative estimate of drug-likeness (QED) is 0.599. The number of rotatable bonds is 4. The first-order valence-electron chi connectivity index (χ1n) is 4.30. The molecule has 0 heterocycles. The highest BCUT2D eigenvalue weighted by Gasteiger charge is 1.97. The van der Waals surface area contributed by atoms with E-state index in [4.69, 9.17) is 15.3 Å². The van der Waals surface area contributed by atoms with E-state index in [9.17, 15) is 0 Å². The van der Waals surface area contributed by atoms with Crippen LogP contribution in [0.3, 0.4) is 0 Å². The monoisotopic (exact) mass is 195 g/mol. The van der Waals surface area contributed by atoms with Crippen LogP contribution in [-0.4, -0.2) is 40.8 Å². The molecular formula is C10H13NO3. The van der Waals surface area contributed by atoms with E-state index in [0.717, 1.165) is 5.56 Å². The van der Waals surface area contributed by atoms with Crippen molar-refractivity contribution in [3.05, 3.63) is 29.8 Å². The highest BCUT2D eigenvalue weighted by atomic mass is 16.3. The van der Waals surface area contributed by atoms with Crippen molar-refractivity contribution < 1.29 is 15.3 Å². The van der Waals surface area contributed by atoms with Crippen LogP contribution in [0.5, 0.6) is 5.75 Å². The van der Waals surface area contributed by atoms with Crippen LogP contribution >= 0.6 is 0 Å². The number of hydrogen-bond acceptors (Lipinski definition) is 4. The fraction of sp³-hybridized carbons (Fsp3) is 0.300. The van der Waals surface area contributed by atoms with Gasteiger partial charge < -0.3 is 15.3 Å². The van der Waals surface area contributed by atoms with E-state index >= 15 is 0 Å². The number of phenolic OH excluding ortho intramolecular Hbond substituents is 1. The van der Waals surface area contributed by atoms with Crippen LogP contribution in [0.15, 0.2) is 29.3 Å². The van der Waals surface area contributed by atoms with Gasteiger partial charge in [0.1, 0.15) is 5.75 Å². The zero-order valence-corrected chi connectivity index (χ0v) is 7.67. The normalized spacial score (nSPS) is 13.3. The van der Waals surface area contributed by atoms with Crippen LogP contribution in [0.1, 0.15) is 5.56 Å². The Hall–Kier alpha value is -1.39. The Kier molecular flexibility index (Phi) is 4.10. The van der Waals surface area contributed by atoms with Crippen molar-refractivity contribution in [1.29, 1.82) is 0 Å². The third-order valence-electron chi connectivity index (χ3n) is 1.66. The molecule has 3 N–H and O–H groups in total. The third kappa shape index (κ3) is 3.55. The number of benzene rings is 1. The topological polar surface area (TPSA) is 73.0 Å². The molecule has 4 nitrogen and oxygen atoms in total. The van der Waals surface area contributed by atoms with Gasteiger partial charge in [-0.1, -0.05) is 0 Å². The van der Waals surface area contributed by atoms with Crippen molar-refractivity contribution in [2.24, 2.45) is 4.99 Å². The summed E-state index contributed by atoms with van der Waals surface area (Å²) in [7, 11) is 0. The summed E-state index contributed by atoms with van der Waals surface area (Å²) < 4.78 is 0. The summed E-state index contributed by atoms with van der Waals surface area (Å²) >= 11 is 0. The maximum atomic E-state index is 8.99. The highest BCUT2D eigenvalue weighted by molar-refractivity contribution is 5.79. The summed E-state index contributed by atoms with van der Waals surface area (Å²) in [6, 6.07) is 6.54. The minimum atomic E-state index is -0.802. The number of hydrogen-bond donors (Lipinski definition) is 3. The molecule has 1 atom stereocenters. The molecule has 4 heteroatoms. The average Bonchev–Trinajstić information content (AvgIpc) is 2.21. The predicted molar refractivity (Wildman–Crippen MR) is 53.7 cm³/mol. The van der Waals surface area contributed by atoms with Crippen LogP contribution in [-0.2, 0) is 0 Å². The average molecular weight is 195 g/mol. The Morgan fingerprint density at radius 1 is 1.29 bits per heavy atom. The molecule has 0 fully saturated rings. The van der Waals surface area contributed by atoms with Crippen molar-refractivity contribution in [1.82, 2.24) is 0 Å². The zero-order chi connectivity index (χ0) is 10.4. The Balaban J connectivity index is 2.48. The lowest BCUT2D eigenvalue weighted by Crippen LogP contribution is -2.15. The number of aromatic hydroxyl groups is 1. The van der Waals surface area contributed by atoms with Crippen LogP contribution in [0.2, 0.25) is 0 Å². The first-order valence-corrected chi connectivity index (χ1v) is 4.30. The van der Waals surface area contributed by atoms with Crippen molar-refractivity contribution in [2.75, 3.05) is 13.2 Å². The summed E-state index contributed by atoms with van der Waals surface area (Å²) in [6.45, 7) is -0.107. The number of aliphatic hydroxyl groups excluding tert-OH is 2. The molecule has 0 saturated carbocycles. The lowest BCUT2D eigenvalue weighted by atomic mass is 10.2. The minimum absolute atomic E-state index is 0.178. The molecule has 0 spiro atoms. The summed E-state index contributed by atoms with van der Waals surface area (Å²) in [5.74, 6) is 0.206. The van der Waals surface area contributed by atoms with Gasteiger partial charge in [0.15, 0.2) is 0 Å². The van der Waals surface area contributed by atoms with E-state index in [1.807, 2.05) is 0 Å². The molecule has 1 aromatic rings. The predicted octanol–water partition coefficient (Wildman–Crippen LogP) is 0.164. The Bertz CT molecular complexity index is 295. The van der Waals surface area contributed by atoms with E-state index in [-0.39, 0.29) is 18.9 Å². The molecule has 0 radical (unpaired) electrons. The molecule has 76 valence electrons. The lowest BCUT2D eigenvalue weighted by Gasteiger charge is -2.00. The molecule has 0 saturated heterocycles. The SMILES string of the molecule is OCC(O)CN=Cc1ccc(O)cc1. The zero-order valence-electron chi connectivity index (χ0n) is 7.67. The van der Waals surface area contributed by atoms with Gasteiger partial charge in [-0.2, -0.15) is 0 Å². The van der Waals surface area contributed by atoms with Crippen molar-refractivity contribution >= 4 is 6.21 Å². The second-order valence-electron chi connectivity index (χ2n) is 2.92. The molecule has 1 unspecified atom stereocenters. The van der Waals surface area contributed by atoms with Crippen LogP contribution in [0.4, 0.5) is 0 Å². The van der Waals surface area contributed by atoms with Gasteiger partial charge in [-0.05, 0) is 29.8 Å². The number of aliphatic hydroxyl groups is 2. The molecule has 0 aliphatic carbocycles. The fourth-order valence-electron chi connectivity index (χ4n) is 0.898. The molecule has 0 aliphatic heterocycles. The van der Waals surface area contributed by atoms with E-state index in [1.165, 1.54) is 0 Å². The van der Waals surface area contributed by atoms with Gasteiger partial charge >= 0.3 is 0 Å².